The van der Waals surface area contributed by atoms with Crippen molar-refractivity contribution in [3.8, 4) is 29.5 Å². The molecule has 3 aromatic rings. The molecule has 12 nitrogen and oxygen atoms in total. The number of likely N-dealkylation sites (tertiary alicyclic amines) is 2. The molecule has 2 aliphatic heterocycles. The molecule has 0 bridgehead atoms. The first-order valence-corrected chi connectivity index (χ1v) is 16.3. The van der Waals surface area contributed by atoms with E-state index in [1.807, 2.05) is 0 Å². The highest BCUT2D eigenvalue weighted by atomic mass is 19.3. The van der Waals surface area contributed by atoms with E-state index in [4.69, 9.17) is 18.7 Å². The maximum atomic E-state index is 14.7. The molecule has 0 aliphatic carbocycles. The fourth-order valence-corrected chi connectivity index (χ4v) is 6.35. The number of benzene rings is 1. The minimum Gasteiger partial charge on any atom is -0.474 e. The molecule has 50 heavy (non-hydrogen) atoms. The van der Waals surface area contributed by atoms with Crippen molar-refractivity contribution < 1.29 is 41.1 Å². The summed E-state index contributed by atoms with van der Waals surface area (Å²) in [6, 6.07) is 5.92. The Morgan fingerprint density at radius 1 is 1.12 bits per heavy atom. The van der Waals surface area contributed by atoms with Gasteiger partial charge in [-0.2, -0.15) is 20.2 Å². The summed E-state index contributed by atoms with van der Waals surface area (Å²) in [6.45, 7) is 9.82. The molecule has 0 saturated carbocycles. The van der Waals surface area contributed by atoms with Crippen LogP contribution in [0.25, 0.3) is 11.6 Å². The van der Waals surface area contributed by atoms with Crippen LogP contribution in [0.2, 0.25) is 0 Å². The first-order chi connectivity index (χ1) is 23.4. The Morgan fingerprint density at radius 2 is 1.80 bits per heavy atom. The lowest BCUT2D eigenvalue weighted by Gasteiger charge is -2.38. The number of alkyl halides is 2. The number of piperidine rings is 1. The van der Waals surface area contributed by atoms with Crippen LogP contribution in [0.15, 0.2) is 28.8 Å². The molecule has 2 aliphatic rings. The van der Waals surface area contributed by atoms with Gasteiger partial charge in [0.15, 0.2) is 0 Å². The summed E-state index contributed by atoms with van der Waals surface area (Å²) >= 11 is 0. The van der Waals surface area contributed by atoms with Crippen molar-refractivity contribution in [2.24, 2.45) is 0 Å². The highest BCUT2D eigenvalue weighted by Crippen LogP contribution is 2.37. The summed E-state index contributed by atoms with van der Waals surface area (Å²) in [5.74, 6) is -4.82. The number of hydrogen-bond donors (Lipinski definition) is 0. The second-order valence-corrected chi connectivity index (χ2v) is 14.3. The van der Waals surface area contributed by atoms with Gasteiger partial charge < -0.3 is 23.6 Å². The molecule has 4 heterocycles. The van der Waals surface area contributed by atoms with Crippen LogP contribution in [0.5, 0.6) is 11.8 Å². The first kappa shape index (κ1) is 36.8. The largest absolute Gasteiger partial charge is 0.474 e. The molecule has 0 radical (unpaired) electrons. The second-order valence-electron chi connectivity index (χ2n) is 14.3. The molecule has 2 fully saturated rings. The molecule has 2 saturated heterocycles. The predicted octanol–water partition coefficient (Wildman–Crippen LogP) is 6.30. The zero-order valence-corrected chi connectivity index (χ0v) is 29.0. The standard InChI is InChI=1S/C34H41F4N7O5/c1-19(24-17-34(37,38)18-44(24)7)47-25-16-26(48-21-12-14-45(20(15-21)11-13-39)31(46)49-32(2,3)4)41-28(40-25)29-42-30(50-43-29)33(5,6)27-22(35)9-8-10-23(27)36/h8-10,16,19-21,24H,11-12,14-15,17-18H2,1-7H3/t19-,20+,21-,24-/m0/s1. The maximum absolute atomic E-state index is 14.7. The zero-order valence-electron chi connectivity index (χ0n) is 29.0. The third-order valence-electron chi connectivity index (χ3n) is 8.74. The van der Waals surface area contributed by atoms with E-state index in [-0.39, 0.29) is 54.2 Å². The molecular formula is C34H41F4N7O5. The van der Waals surface area contributed by atoms with E-state index >= 15 is 0 Å². The van der Waals surface area contributed by atoms with Crippen LogP contribution in [0.1, 0.15) is 78.7 Å². The van der Waals surface area contributed by atoms with Crippen LogP contribution in [-0.4, -0.2) is 92.0 Å². The van der Waals surface area contributed by atoms with Crippen molar-refractivity contribution >= 4 is 6.09 Å². The maximum Gasteiger partial charge on any atom is 0.410 e. The lowest BCUT2D eigenvalue weighted by Crippen LogP contribution is -2.50. The summed E-state index contributed by atoms with van der Waals surface area (Å²) in [7, 11) is 1.59. The van der Waals surface area contributed by atoms with Crippen molar-refractivity contribution in [1.82, 2.24) is 29.9 Å². The highest BCUT2D eigenvalue weighted by Gasteiger charge is 2.46. The molecule has 16 heteroatoms. The molecule has 1 amide bonds. The van der Waals surface area contributed by atoms with Crippen LogP contribution >= 0.6 is 0 Å². The molecule has 1 aromatic carbocycles. The Morgan fingerprint density at radius 3 is 2.42 bits per heavy atom. The molecule has 0 N–H and O–H groups in total. The Bertz CT molecular complexity index is 1720. The van der Waals surface area contributed by atoms with Gasteiger partial charge in [-0.3, -0.25) is 4.90 Å². The van der Waals surface area contributed by atoms with Crippen LogP contribution in [-0.2, 0) is 10.2 Å². The molecule has 0 unspecified atom stereocenters. The number of halogens is 4. The van der Waals surface area contributed by atoms with E-state index in [2.05, 4.69) is 26.2 Å². The number of amides is 1. The van der Waals surface area contributed by atoms with E-state index < -0.39 is 71.9 Å². The van der Waals surface area contributed by atoms with Gasteiger partial charge in [0, 0.05) is 31.4 Å². The Labute approximate surface area is 287 Å². The van der Waals surface area contributed by atoms with Crippen molar-refractivity contribution in [2.45, 2.75) is 108 Å². The fraction of sp³-hybridized carbons (Fsp3) is 0.588. The number of hydrogen-bond acceptors (Lipinski definition) is 11. The first-order valence-electron chi connectivity index (χ1n) is 16.3. The lowest BCUT2D eigenvalue weighted by atomic mass is 9.83. The van der Waals surface area contributed by atoms with Crippen LogP contribution in [0, 0.1) is 23.0 Å². The average Bonchev–Trinajstić information content (AvgIpc) is 3.61. The van der Waals surface area contributed by atoms with Crippen LogP contribution < -0.4 is 9.47 Å². The van der Waals surface area contributed by atoms with Gasteiger partial charge in [0.05, 0.1) is 42.6 Å². The van der Waals surface area contributed by atoms with Gasteiger partial charge in [0.25, 0.3) is 5.92 Å². The number of ether oxygens (including phenoxy) is 3. The number of carbonyl (C=O) groups excluding carboxylic acids is 1. The molecule has 4 atom stereocenters. The summed E-state index contributed by atoms with van der Waals surface area (Å²) < 4.78 is 81.2. The SMILES string of the molecule is C[C@H](Oc1cc(O[C@H]2CCN(C(=O)OC(C)(C)C)[C@H](CC#N)C2)nc(-c2noc(C(C)(C)c3c(F)cccc3F)n2)n1)[C@@H]1CC(F)(F)CN1C. The van der Waals surface area contributed by atoms with Gasteiger partial charge in [-0.15, -0.1) is 0 Å². The average molecular weight is 704 g/mol. The summed E-state index contributed by atoms with van der Waals surface area (Å²) in [5, 5.41) is 13.5. The number of carbonyl (C=O) groups is 1. The zero-order chi connectivity index (χ0) is 36.6. The molecule has 0 spiro atoms. The van der Waals surface area contributed by atoms with Gasteiger partial charge in [0.1, 0.15) is 29.4 Å². The third kappa shape index (κ3) is 8.26. The van der Waals surface area contributed by atoms with E-state index in [9.17, 15) is 27.6 Å². The lowest BCUT2D eigenvalue weighted by molar-refractivity contribution is -0.00390. The summed E-state index contributed by atoms with van der Waals surface area (Å²) in [5.41, 5.74) is -2.38. The number of likely N-dealkylation sites (N-methyl/N-ethyl adjacent to an activating group) is 1. The Balaban J connectivity index is 1.44. The van der Waals surface area contributed by atoms with Crippen LogP contribution in [0.4, 0.5) is 22.4 Å². The number of aromatic nitrogens is 4. The second kappa shape index (κ2) is 14.0. The highest BCUT2D eigenvalue weighted by molar-refractivity contribution is 5.68. The summed E-state index contributed by atoms with van der Waals surface area (Å²) in [4.78, 5) is 29.2. The molecular weight excluding hydrogens is 662 g/mol. The normalized spacial score (nSPS) is 21.8. The van der Waals surface area contributed by atoms with E-state index in [0.717, 1.165) is 12.1 Å². The Hall–Kier alpha value is -4.52. The predicted molar refractivity (Wildman–Crippen MR) is 170 cm³/mol. The van der Waals surface area contributed by atoms with E-state index in [0.29, 0.717) is 6.42 Å². The van der Waals surface area contributed by atoms with Crippen molar-refractivity contribution in [1.29, 1.82) is 5.26 Å². The fourth-order valence-electron chi connectivity index (χ4n) is 6.35. The molecule has 270 valence electrons. The number of nitrogens with zero attached hydrogens (tertiary/aromatic N) is 7. The quantitative estimate of drug-likeness (QED) is 0.232. The third-order valence-corrected chi connectivity index (χ3v) is 8.74. The summed E-state index contributed by atoms with van der Waals surface area (Å²) in [6.07, 6.45) is -1.45. The monoisotopic (exact) mass is 703 g/mol. The van der Waals surface area contributed by atoms with Crippen molar-refractivity contribution in [2.75, 3.05) is 20.1 Å². The molecule has 2 aromatic heterocycles. The van der Waals surface area contributed by atoms with Crippen molar-refractivity contribution in [3.63, 3.8) is 0 Å². The number of rotatable bonds is 9. The van der Waals surface area contributed by atoms with Crippen LogP contribution in [0.3, 0.4) is 0 Å². The van der Waals surface area contributed by atoms with Gasteiger partial charge in [-0.25, -0.2) is 22.4 Å². The molecule has 5 rings (SSSR count). The van der Waals surface area contributed by atoms with E-state index in [1.165, 1.54) is 35.8 Å². The van der Waals surface area contributed by atoms with Gasteiger partial charge >= 0.3 is 6.09 Å². The topological polar surface area (TPSA) is 140 Å². The minimum absolute atomic E-state index is 0.0216. The number of nitriles is 1. The van der Waals surface area contributed by atoms with E-state index in [1.54, 1.807) is 34.7 Å². The van der Waals surface area contributed by atoms with Gasteiger partial charge in [-0.05, 0) is 60.7 Å². The van der Waals surface area contributed by atoms with Gasteiger partial charge in [-0.1, -0.05) is 11.2 Å². The Kier molecular flexibility index (Phi) is 10.3. The van der Waals surface area contributed by atoms with Gasteiger partial charge in [0.2, 0.25) is 29.3 Å². The minimum atomic E-state index is -2.87. The van der Waals surface area contributed by atoms with Crippen molar-refractivity contribution in [3.05, 3.63) is 47.4 Å². The smallest absolute Gasteiger partial charge is 0.410 e.